The van der Waals surface area contributed by atoms with E-state index in [0.717, 1.165) is 14.9 Å². The van der Waals surface area contributed by atoms with E-state index in [9.17, 15) is 0 Å². The molecule has 2 aromatic rings. The van der Waals surface area contributed by atoms with Gasteiger partial charge in [0, 0.05) is 16.4 Å². The second-order valence-corrected chi connectivity index (χ2v) is 7.20. The molecule has 21 heavy (non-hydrogen) atoms. The van der Waals surface area contributed by atoms with Gasteiger partial charge in [0.15, 0.2) is 0 Å². The van der Waals surface area contributed by atoms with Crippen molar-refractivity contribution in [3.05, 3.63) is 68.5 Å². The van der Waals surface area contributed by atoms with Gasteiger partial charge in [-0.3, -0.25) is 0 Å². The average Bonchev–Trinajstić information content (AvgIpc) is 2.69. The van der Waals surface area contributed by atoms with Crippen molar-refractivity contribution in [3.63, 3.8) is 0 Å². The molecule has 0 aliphatic heterocycles. The molecule has 0 spiro atoms. The van der Waals surface area contributed by atoms with Crippen molar-refractivity contribution in [1.82, 2.24) is 0 Å². The highest BCUT2D eigenvalue weighted by Gasteiger charge is 2.30. The number of fused-ring (bicyclic) bond motifs is 5. The van der Waals surface area contributed by atoms with E-state index in [0.29, 0.717) is 0 Å². The largest absolute Gasteiger partial charge is 0.455 e. The third-order valence-electron chi connectivity index (χ3n) is 4.43. The van der Waals surface area contributed by atoms with Crippen LogP contribution in [0.3, 0.4) is 0 Å². The van der Waals surface area contributed by atoms with Crippen LogP contribution in [0.15, 0.2) is 58.1 Å². The van der Waals surface area contributed by atoms with Gasteiger partial charge in [-0.2, -0.15) is 0 Å². The fourth-order valence-electron chi connectivity index (χ4n) is 3.03. The zero-order valence-electron chi connectivity index (χ0n) is 12.0. The summed E-state index contributed by atoms with van der Waals surface area (Å²) >= 11 is 2.34. The minimum atomic E-state index is -0.000696. The molecule has 1 aromatic heterocycles. The highest BCUT2D eigenvalue weighted by Crippen LogP contribution is 2.45. The molecule has 1 nitrogen and oxygen atoms in total. The monoisotopic (exact) mass is 386 g/mol. The van der Waals surface area contributed by atoms with Crippen molar-refractivity contribution in [2.45, 2.75) is 13.8 Å². The Labute approximate surface area is 137 Å². The molecule has 1 heterocycles. The smallest absolute Gasteiger partial charge is 0.148 e. The zero-order chi connectivity index (χ0) is 14.6. The lowest BCUT2D eigenvalue weighted by Crippen LogP contribution is -2.14. The van der Waals surface area contributed by atoms with E-state index >= 15 is 0 Å². The Balaban J connectivity index is 2.12. The molecule has 0 radical (unpaired) electrons. The quantitative estimate of drug-likeness (QED) is 0.509. The topological polar surface area (TPSA) is 13.1 Å². The second kappa shape index (κ2) is 4.47. The Morgan fingerprint density at radius 2 is 1.71 bits per heavy atom. The molecule has 2 aliphatic rings. The normalized spacial score (nSPS) is 18.8. The van der Waals surface area contributed by atoms with Crippen LogP contribution in [-0.2, 0) is 0 Å². The maximum absolute atomic E-state index is 6.16. The molecule has 0 atom stereocenters. The molecule has 0 fully saturated rings. The number of furan rings is 1. The summed E-state index contributed by atoms with van der Waals surface area (Å²) in [7, 11) is 0. The predicted octanol–water partition coefficient (Wildman–Crippen LogP) is 5.97. The Bertz CT molecular complexity index is 872. The highest BCUT2D eigenvalue weighted by atomic mass is 127. The summed E-state index contributed by atoms with van der Waals surface area (Å²) in [5.74, 6) is 0.965. The Morgan fingerprint density at radius 1 is 1.00 bits per heavy atom. The molecule has 2 heteroatoms. The highest BCUT2D eigenvalue weighted by molar-refractivity contribution is 14.1. The second-order valence-electron chi connectivity index (χ2n) is 6.04. The molecular weight excluding hydrogens is 371 g/mol. The van der Waals surface area contributed by atoms with Crippen molar-refractivity contribution < 1.29 is 4.42 Å². The first kappa shape index (κ1) is 13.1. The van der Waals surface area contributed by atoms with Gasteiger partial charge in [0.05, 0.1) is 3.57 Å². The van der Waals surface area contributed by atoms with Crippen molar-refractivity contribution in [2.24, 2.45) is 5.41 Å². The van der Waals surface area contributed by atoms with E-state index in [-0.39, 0.29) is 5.41 Å². The van der Waals surface area contributed by atoms with Crippen LogP contribution in [-0.4, -0.2) is 0 Å². The summed E-state index contributed by atoms with van der Waals surface area (Å²) in [6.07, 6.45) is 13.1. The van der Waals surface area contributed by atoms with E-state index in [1.165, 1.54) is 22.1 Å². The molecule has 1 aromatic carbocycles. The van der Waals surface area contributed by atoms with Gasteiger partial charge in [0.2, 0.25) is 0 Å². The molecule has 2 aliphatic carbocycles. The van der Waals surface area contributed by atoms with Crippen LogP contribution in [0.25, 0.3) is 23.1 Å². The van der Waals surface area contributed by atoms with E-state index in [1.54, 1.807) is 0 Å². The fraction of sp³-hybridized carbons (Fsp3) is 0.158. The van der Waals surface area contributed by atoms with Crippen LogP contribution in [0.5, 0.6) is 0 Å². The predicted molar refractivity (Wildman–Crippen MR) is 96.9 cm³/mol. The van der Waals surface area contributed by atoms with Gasteiger partial charge < -0.3 is 4.42 Å². The molecule has 0 saturated carbocycles. The molecule has 4 rings (SSSR count). The molecule has 104 valence electrons. The SMILES string of the molecule is CC1(C)C2=Cc3oc4c(I)cccc4c3C=C1C=CC=C2. The lowest BCUT2D eigenvalue weighted by atomic mass is 9.78. The Kier molecular flexibility index (Phi) is 2.80. The lowest BCUT2D eigenvalue weighted by molar-refractivity contribution is 0.571. The van der Waals surface area contributed by atoms with Crippen LogP contribution in [0.1, 0.15) is 25.2 Å². The number of rotatable bonds is 0. The number of hydrogen-bond donors (Lipinski definition) is 0. The first-order valence-corrected chi connectivity index (χ1v) is 8.15. The number of benzene rings is 1. The minimum absolute atomic E-state index is 0.000696. The van der Waals surface area contributed by atoms with Gasteiger partial charge >= 0.3 is 0 Å². The number of hydrogen-bond acceptors (Lipinski definition) is 1. The third-order valence-corrected chi connectivity index (χ3v) is 5.28. The van der Waals surface area contributed by atoms with Crippen molar-refractivity contribution >= 4 is 45.7 Å². The Hall–Kier alpha value is -1.55. The van der Waals surface area contributed by atoms with Gasteiger partial charge in [-0.25, -0.2) is 0 Å². The van der Waals surface area contributed by atoms with Crippen LogP contribution in [0.4, 0.5) is 0 Å². The molecule has 0 N–H and O–H groups in total. The summed E-state index contributed by atoms with van der Waals surface area (Å²) < 4.78 is 7.31. The van der Waals surface area contributed by atoms with Gasteiger partial charge in [0.25, 0.3) is 0 Å². The number of halogens is 1. The molecule has 0 unspecified atom stereocenters. The van der Waals surface area contributed by atoms with Crippen LogP contribution in [0.2, 0.25) is 0 Å². The Morgan fingerprint density at radius 3 is 2.48 bits per heavy atom. The first-order valence-electron chi connectivity index (χ1n) is 7.07. The third kappa shape index (κ3) is 1.89. The molecular formula is C19H15IO. The van der Waals surface area contributed by atoms with Crippen molar-refractivity contribution in [2.75, 3.05) is 0 Å². The zero-order valence-corrected chi connectivity index (χ0v) is 14.1. The number of para-hydroxylation sites is 1. The van der Waals surface area contributed by atoms with Crippen LogP contribution in [0, 0.1) is 8.99 Å². The van der Waals surface area contributed by atoms with Gasteiger partial charge in [-0.15, -0.1) is 0 Å². The average molecular weight is 386 g/mol. The van der Waals surface area contributed by atoms with Crippen molar-refractivity contribution in [3.8, 4) is 0 Å². The van der Waals surface area contributed by atoms with Gasteiger partial charge in [0.1, 0.15) is 11.3 Å². The minimum Gasteiger partial charge on any atom is -0.455 e. The van der Waals surface area contributed by atoms with Crippen LogP contribution >= 0.6 is 22.6 Å². The standard InChI is InChI=1S/C19H15IO/c1-19(2)12-6-3-4-7-13(19)11-17-15(10-12)14-8-5-9-16(20)18(14)21-17/h3-11H,1-2H3. The maximum atomic E-state index is 6.16. The first-order chi connectivity index (χ1) is 10.1. The summed E-state index contributed by atoms with van der Waals surface area (Å²) in [6.45, 7) is 4.53. The van der Waals surface area contributed by atoms with E-state index < -0.39 is 0 Å². The molecule has 0 saturated heterocycles. The summed E-state index contributed by atoms with van der Waals surface area (Å²) in [6, 6.07) is 6.32. The van der Waals surface area contributed by atoms with Gasteiger partial charge in [-0.05, 0) is 52.0 Å². The molecule has 0 amide bonds. The van der Waals surface area contributed by atoms with Crippen molar-refractivity contribution in [1.29, 1.82) is 0 Å². The van der Waals surface area contributed by atoms with E-state index in [1.807, 2.05) is 0 Å². The van der Waals surface area contributed by atoms with E-state index in [2.05, 4.69) is 91.1 Å². The lowest BCUT2D eigenvalue weighted by Gasteiger charge is -2.26. The van der Waals surface area contributed by atoms with Gasteiger partial charge in [-0.1, -0.05) is 50.3 Å². The summed E-state index contributed by atoms with van der Waals surface area (Å²) in [5, 5.41) is 1.20. The van der Waals surface area contributed by atoms with Crippen LogP contribution < -0.4 is 0 Å². The molecule has 2 bridgehead atoms. The van der Waals surface area contributed by atoms with E-state index in [4.69, 9.17) is 4.42 Å². The summed E-state index contributed by atoms with van der Waals surface area (Å²) in [4.78, 5) is 0. The number of allylic oxidation sites excluding steroid dienone is 6. The maximum Gasteiger partial charge on any atom is 0.148 e. The fourth-order valence-corrected chi connectivity index (χ4v) is 3.64. The summed E-state index contributed by atoms with van der Waals surface area (Å²) in [5.41, 5.74) is 4.78.